The average molecular weight is 218 g/mol. The monoisotopic (exact) mass is 217 g/mol. The van der Waals surface area contributed by atoms with E-state index in [4.69, 9.17) is 3.80 Å². The van der Waals surface area contributed by atoms with Crippen LogP contribution in [0.1, 0.15) is 1.43 Å². The van der Waals surface area contributed by atoms with Gasteiger partial charge < -0.3 is 0 Å². The van der Waals surface area contributed by atoms with Gasteiger partial charge in [-0.1, -0.05) is 18.2 Å². The van der Waals surface area contributed by atoms with Crippen LogP contribution >= 0.6 is 12.4 Å². The van der Waals surface area contributed by atoms with Crippen molar-refractivity contribution in [2.75, 3.05) is 19.6 Å². The minimum atomic E-state index is 0. The first-order valence-electron chi connectivity index (χ1n) is 3.63. The molecule has 0 aromatic heterocycles. The van der Waals surface area contributed by atoms with Crippen LogP contribution in [0.3, 0.4) is 0 Å². The molecule has 2 nitrogen and oxygen atoms in total. The van der Waals surface area contributed by atoms with Crippen molar-refractivity contribution in [1.29, 1.82) is 0 Å². The number of hydrogen-bond acceptors (Lipinski definition) is 2. The minimum absolute atomic E-state index is 0. The predicted molar refractivity (Wildman–Crippen MR) is 61.8 cm³/mol. The summed E-state index contributed by atoms with van der Waals surface area (Å²) >= 11 is 1.17. The van der Waals surface area contributed by atoms with Crippen molar-refractivity contribution >= 4 is 28.6 Å². The zero-order valence-corrected chi connectivity index (χ0v) is 9.79. The van der Waals surface area contributed by atoms with Gasteiger partial charge in [-0.25, -0.2) is 0 Å². The van der Waals surface area contributed by atoms with Crippen molar-refractivity contribution in [1.82, 2.24) is 4.90 Å². The molecule has 73 valence electrons. The topological polar surface area (TPSA) is 20.3 Å². The Labute approximate surface area is 96.5 Å². The molecule has 13 heavy (non-hydrogen) atoms. The van der Waals surface area contributed by atoms with E-state index in [2.05, 4.69) is 24.6 Å². The Bertz CT molecular complexity index is 123. The molecule has 0 spiro atoms. The molecule has 0 aliphatic heterocycles. The molecule has 0 saturated carbocycles. The number of hydrogen-bond donors (Lipinski definition) is 0. The van der Waals surface area contributed by atoms with Gasteiger partial charge in [-0.05, 0) is 0 Å². The fourth-order valence-electron chi connectivity index (χ4n) is 0.771. The molecule has 4 heteroatoms. The molecule has 0 heterocycles. The molecule has 0 bridgehead atoms. The second-order valence-electron chi connectivity index (χ2n) is 2.08. The average Bonchev–Trinajstić information content (AvgIpc) is 2.10. The molecule has 0 amide bonds. The molecule has 0 aliphatic carbocycles. The Morgan fingerprint density at radius 1 is 1.00 bits per heavy atom. The van der Waals surface area contributed by atoms with Gasteiger partial charge in [-0.2, -0.15) is 0 Å². The van der Waals surface area contributed by atoms with Gasteiger partial charge in [-0.15, -0.1) is 32.1 Å². The predicted octanol–water partition coefficient (Wildman–Crippen LogP) is 1.88. The summed E-state index contributed by atoms with van der Waals surface area (Å²) in [7, 11) is 0. The maximum atomic E-state index is 8.17. The van der Waals surface area contributed by atoms with Gasteiger partial charge in [0.25, 0.3) is 0 Å². The molecule has 0 saturated heterocycles. The van der Waals surface area contributed by atoms with Gasteiger partial charge in [0.2, 0.25) is 0 Å². The van der Waals surface area contributed by atoms with Crippen LogP contribution in [0.4, 0.5) is 0 Å². The summed E-state index contributed by atoms with van der Waals surface area (Å²) in [6.07, 6.45) is 5.65. The summed E-state index contributed by atoms with van der Waals surface area (Å²) in [5, 5.41) is 0. The van der Waals surface area contributed by atoms with Crippen molar-refractivity contribution in [3.63, 3.8) is 0 Å². The van der Waals surface area contributed by atoms with E-state index in [1.807, 2.05) is 18.2 Å². The summed E-state index contributed by atoms with van der Waals surface area (Å²) < 4.78 is 8.17. The van der Waals surface area contributed by atoms with E-state index in [-0.39, 0.29) is 13.8 Å². The van der Waals surface area contributed by atoms with Gasteiger partial charge in [0.15, 0.2) is 0 Å². The fourth-order valence-corrected chi connectivity index (χ4v) is 0.771. The zero-order chi connectivity index (χ0) is 9.82. The molecular formula is C9H17AlClNO+. The third-order valence-electron chi connectivity index (χ3n) is 1.16. The van der Waals surface area contributed by atoms with E-state index in [9.17, 15) is 0 Å². The number of halogens is 1. The summed E-state index contributed by atoms with van der Waals surface area (Å²) in [6, 6.07) is 0. The van der Waals surface area contributed by atoms with Gasteiger partial charge >= 0.3 is 21.5 Å². The van der Waals surface area contributed by atoms with E-state index in [1.54, 1.807) is 0 Å². The van der Waals surface area contributed by atoms with E-state index >= 15 is 0 Å². The third kappa shape index (κ3) is 14.6. The van der Waals surface area contributed by atoms with Crippen molar-refractivity contribution < 1.29 is 5.23 Å². The number of nitrogens with zero attached hydrogens (tertiary/aromatic N) is 1. The Balaban J connectivity index is -0.000000117. The van der Waals surface area contributed by atoms with Gasteiger partial charge in [0.1, 0.15) is 0 Å². The molecule has 0 aromatic carbocycles. The molecule has 0 unspecified atom stereocenters. The van der Waals surface area contributed by atoms with Crippen LogP contribution in [0.5, 0.6) is 0 Å². The zero-order valence-electron chi connectivity index (χ0n) is 8.82. The van der Waals surface area contributed by atoms with E-state index in [0.717, 1.165) is 19.6 Å². The summed E-state index contributed by atoms with van der Waals surface area (Å²) in [5.74, 6) is 0. The standard InChI is InChI=1S/C9H15N.Al.ClH.O/c1-4-7-10(8-5-2)9-6-3;;;/h4-6H,1-3,7-9H2;;1H;/p+1. The second-order valence-corrected chi connectivity index (χ2v) is 2.08. The molecule has 0 fully saturated rings. The van der Waals surface area contributed by atoms with Crippen molar-refractivity contribution in [3.8, 4) is 0 Å². The normalized spacial score (nSPS) is 7.38. The van der Waals surface area contributed by atoms with Gasteiger partial charge in [0, 0.05) is 19.6 Å². The molecule has 1 radical (unpaired) electrons. The molecule has 0 aliphatic rings. The maximum absolute atomic E-state index is 8.17. The van der Waals surface area contributed by atoms with E-state index in [0.29, 0.717) is 0 Å². The Hall–Kier alpha value is -0.198. The Kier molecular flexibility index (Phi) is 25.4. The first kappa shape index (κ1) is 18.6. The second kappa shape index (κ2) is 17.8. The van der Waals surface area contributed by atoms with E-state index in [1.165, 1.54) is 16.2 Å². The molecular weight excluding hydrogens is 201 g/mol. The first-order chi connectivity index (χ1) is 5.85. The van der Waals surface area contributed by atoms with Crippen LogP contribution < -0.4 is 0 Å². The van der Waals surface area contributed by atoms with Crippen LogP contribution in [-0.4, -0.2) is 40.8 Å². The van der Waals surface area contributed by atoms with Crippen molar-refractivity contribution in [2.45, 2.75) is 0 Å². The summed E-state index contributed by atoms with van der Waals surface area (Å²) in [6.45, 7) is 13.7. The number of rotatable bonds is 6. The summed E-state index contributed by atoms with van der Waals surface area (Å²) in [5.41, 5.74) is 0. The first-order valence-corrected chi connectivity index (χ1v) is 4.11. The molecule has 0 N–H and O–H groups in total. The fraction of sp³-hybridized carbons (Fsp3) is 0.333. The Morgan fingerprint density at radius 2 is 1.23 bits per heavy atom. The SMILES string of the molecule is C=CCN(CC=C)CC=C.Cl.[H+].[O]=[Al]. The van der Waals surface area contributed by atoms with Crippen LogP contribution in [0.2, 0.25) is 0 Å². The van der Waals surface area contributed by atoms with Crippen molar-refractivity contribution in [2.24, 2.45) is 0 Å². The molecule has 0 rings (SSSR count). The van der Waals surface area contributed by atoms with E-state index < -0.39 is 0 Å². The van der Waals surface area contributed by atoms with Crippen LogP contribution in [-0.2, 0) is 3.80 Å². The van der Waals surface area contributed by atoms with Crippen LogP contribution in [0.15, 0.2) is 38.0 Å². The molecule has 0 aromatic rings. The Morgan fingerprint density at radius 3 is 1.38 bits per heavy atom. The molecule has 0 atom stereocenters. The quantitative estimate of drug-likeness (QED) is 0.500. The van der Waals surface area contributed by atoms with Crippen LogP contribution in [0.25, 0.3) is 0 Å². The van der Waals surface area contributed by atoms with Crippen molar-refractivity contribution in [3.05, 3.63) is 38.0 Å². The van der Waals surface area contributed by atoms with Gasteiger partial charge in [0.05, 0.1) is 0 Å². The third-order valence-corrected chi connectivity index (χ3v) is 1.16. The summed E-state index contributed by atoms with van der Waals surface area (Å²) in [4.78, 5) is 2.19. The van der Waals surface area contributed by atoms with Crippen LogP contribution in [0, 0.1) is 0 Å². The van der Waals surface area contributed by atoms with Gasteiger partial charge in [-0.3, -0.25) is 4.90 Å².